The van der Waals surface area contributed by atoms with Crippen molar-refractivity contribution in [3.05, 3.63) is 352 Å². The molecule has 13 aromatic rings. The second kappa shape index (κ2) is 39.6. The molecule has 0 saturated heterocycles. The van der Waals surface area contributed by atoms with E-state index in [0.29, 0.717) is 33.2 Å². The maximum Gasteiger partial charge on any atom is 0.335 e. The summed E-state index contributed by atoms with van der Waals surface area (Å²) in [6.45, 7) is 18.0. The van der Waals surface area contributed by atoms with Crippen LogP contribution in [0.15, 0.2) is 285 Å². The van der Waals surface area contributed by atoms with E-state index in [1.54, 1.807) is 73.3 Å². The van der Waals surface area contributed by atoms with Gasteiger partial charge in [0.2, 0.25) is 14.1 Å². The summed E-state index contributed by atoms with van der Waals surface area (Å²) in [6, 6.07) is 101. The Bertz CT molecular complexity index is 5500. The summed E-state index contributed by atoms with van der Waals surface area (Å²) >= 11 is 0. The molecule has 0 aliphatic carbocycles. The topological polar surface area (TPSA) is 184 Å². The number of hydrogen-bond acceptors (Lipinski definition) is 15. The molecule has 0 bridgehead atoms. The fourth-order valence-corrected chi connectivity index (χ4v) is 15.6. The van der Waals surface area contributed by atoms with Gasteiger partial charge in [0.05, 0.1) is 64.0 Å². The molecule has 16 nitrogen and oxygen atoms in total. The first-order valence-corrected chi connectivity index (χ1v) is 39.6. The molecular formula is C96H85N7O9P2. The van der Waals surface area contributed by atoms with Gasteiger partial charge < -0.3 is 47.4 Å². The van der Waals surface area contributed by atoms with Gasteiger partial charge in [0.25, 0.3) is 5.53 Å². The van der Waals surface area contributed by atoms with E-state index < -0.39 is 21.6 Å². The van der Waals surface area contributed by atoms with Gasteiger partial charge in [-0.25, -0.2) is 4.85 Å². The molecule has 0 aliphatic heterocycles. The van der Waals surface area contributed by atoms with Gasteiger partial charge in [-0.15, -0.1) is 0 Å². The van der Waals surface area contributed by atoms with Crippen LogP contribution in [-0.4, -0.2) is 47.8 Å². The lowest BCUT2D eigenvalue weighted by Gasteiger charge is -2.28. The van der Waals surface area contributed by atoms with E-state index in [0.717, 1.165) is 101 Å². The number of ether oxygens (including phenoxy) is 5. The zero-order valence-corrected chi connectivity index (χ0v) is 66.5. The van der Waals surface area contributed by atoms with E-state index in [1.807, 2.05) is 152 Å². The minimum atomic E-state index is -3.44. The minimum Gasteiger partial charge on any atom is -0.497 e. The van der Waals surface area contributed by atoms with E-state index in [4.69, 9.17) is 39.3 Å². The highest BCUT2D eigenvalue weighted by Crippen LogP contribution is 2.53. The number of methoxy groups -OCH3 is 3. The first-order chi connectivity index (χ1) is 55.7. The maximum absolute atomic E-state index is 13.0. The molecule has 114 heavy (non-hydrogen) atoms. The quantitative estimate of drug-likeness (QED) is 0.0195. The Hall–Kier alpha value is -13.2. The molecule has 13 rings (SSSR count). The highest BCUT2D eigenvalue weighted by molar-refractivity contribution is 7.53. The van der Waals surface area contributed by atoms with E-state index in [9.17, 15) is 24.9 Å². The van der Waals surface area contributed by atoms with E-state index in [2.05, 4.69) is 178 Å². The summed E-state index contributed by atoms with van der Waals surface area (Å²) in [6.07, 6.45) is 7.90. The van der Waals surface area contributed by atoms with Crippen LogP contribution in [0.5, 0.6) is 17.2 Å². The molecule has 0 aliphatic rings. The van der Waals surface area contributed by atoms with Crippen LogP contribution in [0.25, 0.3) is 50.7 Å². The van der Waals surface area contributed by atoms with Gasteiger partial charge >= 0.3 is 7.60 Å². The number of fused-ring (bicyclic) bond motifs is 2. The summed E-state index contributed by atoms with van der Waals surface area (Å²) in [7, 11) is 1.13. The first-order valence-electron chi connectivity index (χ1n) is 37.1. The van der Waals surface area contributed by atoms with E-state index in [-0.39, 0.29) is 43.7 Å². The van der Waals surface area contributed by atoms with Crippen LogP contribution >= 0.6 is 16.1 Å². The molecule has 0 amide bonds. The van der Waals surface area contributed by atoms with Gasteiger partial charge in [0.15, 0.2) is 0 Å². The van der Waals surface area contributed by atoms with Crippen molar-refractivity contribution >= 4 is 119 Å². The third-order valence-electron chi connectivity index (χ3n) is 18.7. The average Bonchev–Trinajstić information content (AvgIpc) is 0.789. The molecular weight excluding hydrogens is 1460 g/mol. The lowest BCUT2D eigenvalue weighted by Crippen LogP contribution is -2.28. The number of aryl methyl sites for hydroxylation is 1. The smallest absolute Gasteiger partial charge is 0.335 e. The summed E-state index contributed by atoms with van der Waals surface area (Å²) in [5.74, 6) is 2.47. The summed E-state index contributed by atoms with van der Waals surface area (Å²) in [4.78, 5) is 10.6. The number of anilines is 9. The summed E-state index contributed by atoms with van der Waals surface area (Å²) in [5, 5.41) is 32.7. The van der Waals surface area contributed by atoms with Crippen LogP contribution in [-0.2, 0) is 39.3 Å². The molecule has 0 radical (unpaired) electrons. The summed E-state index contributed by atoms with van der Waals surface area (Å²) in [5.41, 5.74) is 15.0. The Labute approximate surface area is 668 Å². The number of nitriles is 3. The van der Waals surface area contributed by atoms with Crippen molar-refractivity contribution in [2.75, 3.05) is 62.5 Å². The van der Waals surface area contributed by atoms with Gasteiger partial charge in [-0.1, -0.05) is 169 Å². The molecule has 0 heterocycles. The van der Waals surface area contributed by atoms with Crippen molar-refractivity contribution in [3.8, 4) is 35.5 Å². The molecule has 0 N–H and O–H groups in total. The molecule has 0 saturated carbocycles. The Balaban J connectivity index is 0.000000197. The van der Waals surface area contributed by atoms with Crippen LogP contribution in [0.4, 0.5) is 56.9 Å². The molecule has 0 fully saturated rings. The fourth-order valence-electron chi connectivity index (χ4n) is 13.3. The third kappa shape index (κ3) is 19.4. The molecule has 0 atom stereocenters. The fraction of sp³-hybridized carbons (Fsp3) is 0.146. The van der Waals surface area contributed by atoms with Gasteiger partial charge in [-0.2, -0.15) is 15.8 Å². The monoisotopic (exact) mass is 1540 g/mol. The predicted molar refractivity (Wildman–Crippen MR) is 461 cm³/mol. The minimum absolute atomic E-state index is 0.0713. The van der Waals surface area contributed by atoms with Crippen molar-refractivity contribution in [3.63, 3.8) is 0 Å². The molecule has 568 valence electrons. The highest BCUT2D eigenvalue weighted by Gasteiger charge is 2.39. The Morgan fingerprint density at radius 2 is 0.746 bits per heavy atom. The van der Waals surface area contributed by atoms with Gasteiger partial charge in [0.1, 0.15) is 35.5 Å². The van der Waals surface area contributed by atoms with Gasteiger partial charge in [0, 0.05) is 80.7 Å². The predicted octanol–water partition coefficient (Wildman–Crippen LogP) is 25.9. The number of para-hydroxylation sites is 3. The van der Waals surface area contributed by atoms with E-state index >= 15 is 0 Å². The van der Waals surface area contributed by atoms with Gasteiger partial charge in [-0.05, 0) is 219 Å². The Morgan fingerprint density at radius 1 is 0.404 bits per heavy atom. The van der Waals surface area contributed by atoms with Crippen LogP contribution in [0.1, 0.15) is 83.3 Å². The van der Waals surface area contributed by atoms with Crippen molar-refractivity contribution in [1.82, 2.24) is 0 Å². The number of nitrogens with zero attached hydrogens (tertiary/aromatic N) is 7. The van der Waals surface area contributed by atoms with Crippen LogP contribution in [0, 0.1) is 47.5 Å². The highest BCUT2D eigenvalue weighted by atomic mass is 31.2. The van der Waals surface area contributed by atoms with E-state index in [1.165, 1.54) is 5.56 Å². The van der Waals surface area contributed by atoms with Crippen LogP contribution in [0.3, 0.4) is 0 Å². The largest absolute Gasteiger partial charge is 0.497 e. The number of hydrogen-bond donors (Lipinski definition) is 0. The van der Waals surface area contributed by atoms with Crippen molar-refractivity contribution < 1.29 is 41.9 Å². The Morgan fingerprint density at radius 3 is 1.12 bits per heavy atom. The van der Waals surface area contributed by atoms with Crippen LogP contribution < -0.4 is 28.9 Å². The molecule has 18 heteroatoms. The second-order valence-electron chi connectivity index (χ2n) is 25.7. The average molecular weight is 1540 g/mol. The number of benzene rings is 13. The zero-order valence-electron chi connectivity index (χ0n) is 64.7. The molecule has 0 spiro atoms. The standard InChI is InChI=1S/C54H40N4O2.C22H26N2O6P2.C20H19NO/c1-56-54-42(21-15-40-18-26-46(27-19-40)58(44-12-8-5-9-13-44)48-30-34-50(60-3)35-31-48)23-36-51-52(54)37-22-41(53(51)38-55)20-14-39-16-24-45(25-17-39)57(43-10-6-4-7-11-43)47-28-32-49(59-2)33-29-47;1-5-27-22(31-25,28-6-2)21-12-11-17-18(20(21)14-24)10-9-16(19(17)13-23)15-32(26,29-7-3)30-8-4;1-16-8-10-18(11-9-16)21(17-6-4-3-5-7-17)19-12-14-20(22-2)15-13-19/h4-37H,2-3H3;9-12H,5-8,15H2,1-4H3;3-15H,1-2H3. The lowest BCUT2D eigenvalue weighted by atomic mass is 9.94. The molecule has 0 aromatic heterocycles. The molecule has 0 unspecified atom stereocenters. The molecule has 13 aromatic carbocycles. The SMILES string of the molecule is CCOC(OCC)(P=O)c1ccc2c(C#N)c(CP(=O)(OCC)OCC)ccc2c1C#N.COc1ccc(N(c2ccccc2)c2ccc(C)cc2)cc1.[C-]#[N+]c1c(C=Cc2ccc(N(c3ccccc3)c3ccc(OC)cc3)cc2)ccc2c(C#N)c(C=Cc3ccc(N(c4ccccc4)c4ccc(OC)cc4)cc3)ccc12. The lowest BCUT2D eigenvalue weighted by molar-refractivity contribution is -0.176. The van der Waals surface area contributed by atoms with Crippen molar-refractivity contribution in [2.45, 2.75) is 46.3 Å². The number of rotatable bonds is 28. The maximum atomic E-state index is 13.0. The normalized spacial score (nSPS) is 11.2. The van der Waals surface area contributed by atoms with Crippen molar-refractivity contribution in [2.24, 2.45) is 0 Å². The third-order valence-corrected chi connectivity index (χ3v) is 21.4. The van der Waals surface area contributed by atoms with Crippen molar-refractivity contribution in [1.29, 1.82) is 15.8 Å². The first kappa shape index (κ1) is 81.8. The zero-order chi connectivity index (χ0) is 80.4. The van der Waals surface area contributed by atoms with Crippen LogP contribution in [0.2, 0.25) is 0 Å². The second-order valence-corrected chi connectivity index (χ2v) is 28.5. The van der Waals surface area contributed by atoms with Gasteiger partial charge in [-0.3, -0.25) is 9.13 Å². The summed E-state index contributed by atoms with van der Waals surface area (Å²) < 4.78 is 63.2. The Kier molecular flexibility index (Phi) is 28.4.